The van der Waals surface area contributed by atoms with E-state index in [1.165, 1.54) is 24.0 Å². The second-order valence-electron chi connectivity index (χ2n) is 6.63. The Balaban J connectivity index is 2.75. The minimum absolute atomic E-state index is 0.342. The zero-order chi connectivity index (χ0) is 15.9. The van der Waals surface area contributed by atoms with Crippen LogP contribution >= 0.6 is 0 Å². The number of allylic oxidation sites excluding steroid dienone is 10. The molecule has 0 radical (unpaired) electrons. The van der Waals surface area contributed by atoms with Gasteiger partial charge in [-0.15, -0.1) is 0 Å². The topological polar surface area (TPSA) is 17.1 Å². The minimum Gasteiger partial charge on any atom is -0.299 e. The van der Waals surface area contributed by atoms with Crippen molar-refractivity contribution in [1.82, 2.24) is 0 Å². The summed E-state index contributed by atoms with van der Waals surface area (Å²) in [6, 6.07) is 0. The molecule has 0 heterocycles. The summed E-state index contributed by atoms with van der Waals surface area (Å²) in [5.74, 6) is 0.523. The van der Waals surface area contributed by atoms with E-state index < -0.39 is 0 Å². The van der Waals surface area contributed by atoms with Crippen LogP contribution in [0.15, 0.2) is 59.3 Å². The predicted molar refractivity (Wildman–Crippen MR) is 92.1 cm³/mol. The molecule has 1 nitrogen and oxygen atoms in total. The third kappa shape index (κ3) is 5.71. The van der Waals surface area contributed by atoms with E-state index >= 15 is 0 Å². The zero-order valence-electron chi connectivity index (χ0n) is 14.0. The van der Waals surface area contributed by atoms with Gasteiger partial charge in [-0.3, -0.25) is 4.79 Å². The maximum Gasteiger partial charge on any atom is 0.143 e. The lowest BCUT2D eigenvalue weighted by molar-refractivity contribution is -0.104. The number of hydrogen-bond acceptors (Lipinski definition) is 1. The van der Waals surface area contributed by atoms with Crippen molar-refractivity contribution in [3.05, 3.63) is 59.3 Å². The van der Waals surface area contributed by atoms with E-state index in [1.807, 2.05) is 19.1 Å². The molecule has 0 spiro atoms. The first-order valence-electron chi connectivity index (χ1n) is 7.68. The van der Waals surface area contributed by atoms with Crippen LogP contribution in [0, 0.1) is 11.3 Å². The van der Waals surface area contributed by atoms with Gasteiger partial charge >= 0.3 is 0 Å². The van der Waals surface area contributed by atoms with Gasteiger partial charge in [0.05, 0.1) is 0 Å². The van der Waals surface area contributed by atoms with Crippen LogP contribution in [0.5, 0.6) is 0 Å². The first-order valence-corrected chi connectivity index (χ1v) is 7.68. The Morgan fingerprint density at radius 1 is 1.19 bits per heavy atom. The standard InChI is InChI=1S/C20H28O/c1-16(8-6-9-17(2)13-15-21)11-12-19-18(3)10-7-14-20(19,4)5/h6,8-13,15,19H,7,14H2,1-5H3/b9-6-,12-11+,16-8+,17-13+. The maximum absolute atomic E-state index is 10.3. The highest BCUT2D eigenvalue weighted by molar-refractivity contribution is 5.66. The Morgan fingerprint density at radius 2 is 1.86 bits per heavy atom. The molecule has 1 aliphatic rings. The second-order valence-corrected chi connectivity index (χ2v) is 6.63. The third-order valence-electron chi connectivity index (χ3n) is 4.19. The highest BCUT2D eigenvalue weighted by atomic mass is 16.1. The molecule has 0 saturated carbocycles. The molecular formula is C20H28O. The molecule has 0 aromatic carbocycles. The van der Waals surface area contributed by atoms with Crippen molar-refractivity contribution >= 4 is 6.29 Å². The monoisotopic (exact) mass is 284 g/mol. The second kappa shape index (κ2) is 7.97. The molecule has 0 aromatic rings. The van der Waals surface area contributed by atoms with Crippen LogP contribution in [0.4, 0.5) is 0 Å². The number of rotatable bonds is 5. The smallest absolute Gasteiger partial charge is 0.143 e. The normalized spacial score (nSPS) is 23.7. The van der Waals surface area contributed by atoms with Crippen molar-refractivity contribution in [2.24, 2.45) is 11.3 Å². The van der Waals surface area contributed by atoms with Crippen LogP contribution in [-0.2, 0) is 4.79 Å². The fourth-order valence-electron chi connectivity index (χ4n) is 2.80. The average molecular weight is 284 g/mol. The molecule has 1 rings (SSSR count). The van der Waals surface area contributed by atoms with Crippen molar-refractivity contribution in [1.29, 1.82) is 0 Å². The lowest BCUT2D eigenvalue weighted by Crippen LogP contribution is -2.26. The lowest BCUT2D eigenvalue weighted by Gasteiger charge is -2.36. The van der Waals surface area contributed by atoms with Gasteiger partial charge in [0.2, 0.25) is 0 Å². The van der Waals surface area contributed by atoms with E-state index in [-0.39, 0.29) is 0 Å². The van der Waals surface area contributed by atoms with E-state index in [2.05, 4.69) is 52.0 Å². The van der Waals surface area contributed by atoms with Crippen LogP contribution in [0.3, 0.4) is 0 Å². The van der Waals surface area contributed by atoms with Gasteiger partial charge in [-0.1, -0.05) is 61.4 Å². The summed E-state index contributed by atoms with van der Waals surface area (Å²) in [6.07, 6.45) is 17.7. The Labute approximate surface area is 129 Å². The van der Waals surface area contributed by atoms with Crippen LogP contribution in [0.25, 0.3) is 0 Å². The summed E-state index contributed by atoms with van der Waals surface area (Å²) in [4.78, 5) is 10.3. The fraction of sp³-hybridized carbons (Fsp3) is 0.450. The van der Waals surface area contributed by atoms with Crippen LogP contribution in [-0.4, -0.2) is 6.29 Å². The first kappa shape index (κ1) is 17.4. The van der Waals surface area contributed by atoms with E-state index in [4.69, 9.17) is 0 Å². The highest BCUT2D eigenvalue weighted by Crippen LogP contribution is 2.41. The van der Waals surface area contributed by atoms with Gasteiger partial charge < -0.3 is 0 Å². The van der Waals surface area contributed by atoms with Crippen LogP contribution < -0.4 is 0 Å². The van der Waals surface area contributed by atoms with Crippen LogP contribution in [0.2, 0.25) is 0 Å². The Bertz CT molecular complexity index is 510. The van der Waals surface area contributed by atoms with Gasteiger partial charge in [-0.05, 0) is 50.7 Å². The van der Waals surface area contributed by atoms with Gasteiger partial charge in [0.15, 0.2) is 0 Å². The molecule has 21 heavy (non-hydrogen) atoms. The number of hydrogen-bond donors (Lipinski definition) is 0. The highest BCUT2D eigenvalue weighted by Gasteiger charge is 2.30. The molecule has 1 aliphatic carbocycles. The molecule has 0 amide bonds. The first-order chi connectivity index (χ1) is 9.86. The molecule has 1 heteroatoms. The number of carbonyl (C=O) groups is 1. The summed E-state index contributed by atoms with van der Waals surface area (Å²) >= 11 is 0. The van der Waals surface area contributed by atoms with Crippen molar-refractivity contribution in [2.45, 2.75) is 47.5 Å². The third-order valence-corrected chi connectivity index (χ3v) is 4.19. The SMILES string of the molecule is CC1=CCCC(C)(C)C1/C=C/C(C)=C/C=C\C(C)=C\C=O. The minimum atomic E-state index is 0.342. The number of carbonyl (C=O) groups excluding carboxylic acids is 1. The summed E-state index contributed by atoms with van der Waals surface area (Å²) in [5.41, 5.74) is 4.01. The molecule has 0 aromatic heterocycles. The summed E-state index contributed by atoms with van der Waals surface area (Å²) in [7, 11) is 0. The van der Waals surface area contributed by atoms with E-state index in [1.54, 1.807) is 6.08 Å². The number of aldehydes is 1. The van der Waals surface area contributed by atoms with Gasteiger partial charge in [-0.2, -0.15) is 0 Å². The van der Waals surface area contributed by atoms with Gasteiger partial charge in [-0.25, -0.2) is 0 Å². The summed E-state index contributed by atoms with van der Waals surface area (Å²) < 4.78 is 0. The molecule has 0 saturated heterocycles. The van der Waals surface area contributed by atoms with Crippen molar-refractivity contribution < 1.29 is 4.79 Å². The summed E-state index contributed by atoms with van der Waals surface area (Å²) in [5, 5.41) is 0. The molecule has 1 atom stereocenters. The Hall–Kier alpha value is -1.63. The quantitative estimate of drug-likeness (QED) is 0.279. The summed E-state index contributed by atoms with van der Waals surface area (Å²) in [6.45, 7) is 11.0. The average Bonchev–Trinajstić information content (AvgIpc) is 2.37. The Kier molecular flexibility index (Phi) is 6.61. The molecule has 114 valence electrons. The lowest BCUT2D eigenvalue weighted by atomic mass is 9.68. The Morgan fingerprint density at radius 3 is 2.48 bits per heavy atom. The largest absolute Gasteiger partial charge is 0.299 e. The molecule has 0 fully saturated rings. The van der Waals surface area contributed by atoms with Crippen molar-refractivity contribution in [2.75, 3.05) is 0 Å². The van der Waals surface area contributed by atoms with Crippen molar-refractivity contribution in [3.8, 4) is 0 Å². The van der Waals surface area contributed by atoms with E-state index in [9.17, 15) is 4.79 Å². The van der Waals surface area contributed by atoms with E-state index in [0.717, 1.165) is 11.9 Å². The van der Waals surface area contributed by atoms with Crippen LogP contribution in [0.1, 0.15) is 47.5 Å². The molecule has 1 unspecified atom stereocenters. The van der Waals surface area contributed by atoms with Gasteiger partial charge in [0, 0.05) is 5.92 Å². The molecule has 0 N–H and O–H groups in total. The fourth-order valence-corrected chi connectivity index (χ4v) is 2.80. The van der Waals surface area contributed by atoms with Gasteiger partial charge in [0.25, 0.3) is 0 Å². The molecule has 0 aliphatic heterocycles. The molecule has 0 bridgehead atoms. The predicted octanol–water partition coefficient (Wildman–Crippen LogP) is 5.57. The van der Waals surface area contributed by atoms with E-state index in [0.29, 0.717) is 11.3 Å². The molecular weight excluding hydrogens is 256 g/mol. The van der Waals surface area contributed by atoms with Crippen molar-refractivity contribution in [3.63, 3.8) is 0 Å². The zero-order valence-corrected chi connectivity index (χ0v) is 14.0. The maximum atomic E-state index is 10.3. The van der Waals surface area contributed by atoms with Gasteiger partial charge in [0.1, 0.15) is 6.29 Å².